The Morgan fingerprint density at radius 3 is 2.52 bits per heavy atom. The van der Waals surface area contributed by atoms with Gasteiger partial charge in [0.25, 0.3) is 0 Å². The van der Waals surface area contributed by atoms with E-state index in [0.29, 0.717) is 29.1 Å². The van der Waals surface area contributed by atoms with Crippen molar-refractivity contribution in [3.8, 4) is 16.9 Å². The molecule has 1 saturated carbocycles. The molecule has 2 heterocycles. The third-order valence-electron chi connectivity index (χ3n) is 8.96. The molecule has 0 radical (unpaired) electrons. The number of sulfonamides is 1. The summed E-state index contributed by atoms with van der Waals surface area (Å²) in [6.07, 6.45) is 8.80. The number of nitrogens with zero attached hydrogens (tertiary/aromatic N) is 3. The number of aromatic nitrogens is 2. The summed E-state index contributed by atoms with van der Waals surface area (Å²) in [7, 11) is -0.479. The van der Waals surface area contributed by atoms with Crippen LogP contribution in [0.2, 0.25) is 0 Å². The molecule has 2 aliphatic rings. The zero-order chi connectivity index (χ0) is 31.0. The van der Waals surface area contributed by atoms with Crippen LogP contribution < -0.4 is 14.2 Å². The fraction of sp³-hybridized carbons (Fsp3) is 0.333. The standard InChI is InChI=1S/C33H35FN4O5S/c1-36-21-35-18-25(36)20-43-31-17-29-32(16-26(31)23-13-14-28(34)27(15-23)33(39)40)44(41,42)37(2)30(22-9-5-3-6-10-22)19-38(29)24-11-7-4-8-12-24/h4,7-8,11-18,21-22,30H,3,5-6,9-10,19-20H2,1-2H3,(H,39,40)/p+1/t30-/m0/s1. The second-order valence-electron chi connectivity index (χ2n) is 11.6. The highest BCUT2D eigenvalue weighted by Crippen LogP contribution is 2.46. The zero-order valence-corrected chi connectivity index (χ0v) is 25.6. The molecule has 1 aliphatic heterocycles. The van der Waals surface area contributed by atoms with E-state index in [0.717, 1.165) is 49.6 Å². The maximum Gasteiger partial charge on any atom is 0.338 e. The van der Waals surface area contributed by atoms with E-state index in [1.165, 1.54) is 16.4 Å². The fourth-order valence-electron chi connectivity index (χ4n) is 6.44. The molecule has 1 atom stereocenters. The van der Waals surface area contributed by atoms with Gasteiger partial charge in [-0.1, -0.05) is 43.5 Å². The first-order valence-electron chi connectivity index (χ1n) is 14.8. The summed E-state index contributed by atoms with van der Waals surface area (Å²) in [5, 5.41) is 9.64. The predicted octanol–water partition coefficient (Wildman–Crippen LogP) is 5.64. The second-order valence-corrected chi connectivity index (χ2v) is 13.5. The Hall–Kier alpha value is -4.22. The number of carbonyl (C=O) groups is 1. The van der Waals surface area contributed by atoms with Crippen LogP contribution in [0.4, 0.5) is 15.8 Å². The van der Waals surface area contributed by atoms with Crippen molar-refractivity contribution in [2.75, 3.05) is 18.5 Å². The average molecular weight is 620 g/mol. The van der Waals surface area contributed by atoms with Crippen molar-refractivity contribution >= 4 is 27.4 Å². The number of H-pyrrole nitrogens is 1. The molecule has 0 spiro atoms. The maximum absolute atomic E-state index is 14.5. The number of halogens is 1. The van der Waals surface area contributed by atoms with Crippen molar-refractivity contribution in [2.24, 2.45) is 13.0 Å². The number of nitrogens with one attached hydrogen (secondary N) is 1. The van der Waals surface area contributed by atoms with Crippen LogP contribution in [0, 0.1) is 11.7 Å². The summed E-state index contributed by atoms with van der Waals surface area (Å²) in [4.78, 5) is 17.0. The number of hydrogen-bond donors (Lipinski definition) is 2. The fourth-order valence-corrected chi connectivity index (χ4v) is 8.05. The second kappa shape index (κ2) is 12.0. The summed E-state index contributed by atoms with van der Waals surface area (Å²) in [6.45, 7) is 0.615. The van der Waals surface area contributed by atoms with Crippen LogP contribution in [0.5, 0.6) is 5.75 Å². The van der Waals surface area contributed by atoms with Gasteiger partial charge in [-0.2, -0.15) is 4.31 Å². The van der Waals surface area contributed by atoms with Gasteiger partial charge < -0.3 is 14.7 Å². The molecule has 11 heteroatoms. The minimum atomic E-state index is -4.01. The number of hydrogen-bond acceptors (Lipinski definition) is 5. The summed E-state index contributed by atoms with van der Waals surface area (Å²) >= 11 is 0. The maximum atomic E-state index is 14.5. The number of imidazole rings is 1. The lowest BCUT2D eigenvalue weighted by Crippen LogP contribution is -2.46. The monoisotopic (exact) mass is 619 g/mol. The molecule has 0 amide bonds. The molecule has 44 heavy (non-hydrogen) atoms. The van der Waals surface area contributed by atoms with E-state index >= 15 is 0 Å². The number of benzene rings is 3. The lowest BCUT2D eigenvalue weighted by atomic mass is 9.83. The minimum Gasteiger partial charge on any atom is -0.484 e. The Balaban J connectivity index is 1.57. The van der Waals surface area contributed by atoms with Crippen LogP contribution >= 0.6 is 0 Å². The highest BCUT2D eigenvalue weighted by Gasteiger charge is 2.41. The highest BCUT2D eigenvalue weighted by molar-refractivity contribution is 7.89. The van der Waals surface area contributed by atoms with E-state index in [1.54, 1.807) is 31.7 Å². The van der Waals surface area contributed by atoms with Crippen molar-refractivity contribution in [2.45, 2.75) is 49.6 Å². The molecule has 1 fully saturated rings. The van der Waals surface area contributed by atoms with E-state index in [9.17, 15) is 22.7 Å². The van der Waals surface area contributed by atoms with Crippen LogP contribution in [0.25, 0.3) is 11.1 Å². The molecule has 0 saturated heterocycles. The Morgan fingerprint density at radius 1 is 1.09 bits per heavy atom. The third-order valence-corrected chi connectivity index (χ3v) is 10.9. The van der Waals surface area contributed by atoms with E-state index in [2.05, 4.69) is 9.88 Å². The number of likely N-dealkylation sites (N-methyl/N-ethyl adjacent to an activating group) is 1. The molecule has 0 bridgehead atoms. The number of aromatic amines is 1. The lowest BCUT2D eigenvalue weighted by Gasteiger charge is -2.36. The van der Waals surface area contributed by atoms with E-state index in [4.69, 9.17) is 4.74 Å². The molecular weight excluding hydrogens is 583 g/mol. The molecule has 230 valence electrons. The Labute approximate surface area is 256 Å². The number of aromatic carboxylic acids is 1. The van der Waals surface area contributed by atoms with Crippen LogP contribution in [0.15, 0.2) is 78.1 Å². The van der Waals surface area contributed by atoms with Crippen LogP contribution in [-0.2, 0) is 23.7 Å². The number of ether oxygens (including phenoxy) is 1. The number of anilines is 2. The molecule has 2 N–H and O–H groups in total. The topological polar surface area (TPSA) is 107 Å². The highest BCUT2D eigenvalue weighted by atomic mass is 32.2. The zero-order valence-electron chi connectivity index (χ0n) is 24.7. The molecule has 4 aromatic rings. The number of carboxylic acid groups (broad SMARTS) is 1. The summed E-state index contributed by atoms with van der Waals surface area (Å²) in [5.41, 5.74) is 2.33. The van der Waals surface area contributed by atoms with Crippen LogP contribution in [0.1, 0.15) is 48.2 Å². The first-order valence-corrected chi connectivity index (χ1v) is 16.2. The minimum absolute atomic E-state index is 0.0814. The SMILES string of the molecule is CN1[C@H](C2CCCCC2)CN(c2ccccc2)c2cc(OCc3c[nH]c[n+]3C)c(-c3ccc(F)c(C(=O)O)c3)cc2S1(=O)=O. The first kappa shape index (κ1) is 29.8. The van der Waals surface area contributed by atoms with Crippen molar-refractivity contribution in [3.63, 3.8) is 0 Å². The van der Waals surface area contributed by atoms with Gasteiger partial charge in [0.1, 0.15) is 22.7 Å². The average Bonchev–Trinajstić information content (AvgIpc) is 3.42. The Kier molecular flexibility index (Phi) is 8.17. The molecule has 3 aromatic carbocycles. The first-order chi connectivity index (χ1) is 21.1. The van der Waals surface area contributed by atoms with E-state index in [-0.39, 0.29) is 23.5 Å². The summed E-state index contributed by atoms with van der Waals surface area (Å²) in [6, 6.07) is 16.5. The molecule has 1 aromatic heterocycles. The normalized spacial score (nSPS) is 18.9. The van der Waals surface area contributed by atoms with Crippen LogP contribution in [-0.4, -0.2) is 48.4 Å². The van der Waals surface area contributed by atoms with Gasteiger partial charge in [-0.05, 0) is 54.7 Å². The molecule has 1 aliphatic carbocycles. The van der Waals surface area contributed by atoms with Gasteiger partial charge in [-0.25, -0.2) is 27.2 Å². The molecular formula is C33H36FN4O5S+. The Morgan fingerprint density at radius 2 is 1.84 bits per heavy atom. The van der Waals surface area contributed by atoms with Gasteiger partial charge in [0, 0.05) is 37.0 Å². The number of aryl methyl sites for hydroxylation is 1. The smallest absolute Gasteiger partial charge is 0.338 e. The van der Waals surface area contributed by atoms with Crippen molar-refractivity contribution in [1.82, 2.24) is 9.29 Å². The largest absolute Gasteiger partial charge is 0.484 e. The number of rotatable bonds is 7. The lowest BCUT2D eigenvalue weighted by molar-refractivity contribution is -0.679. The quantitative estimate of drug-likeness (QED) is 0.259. The van der Waals surface area contributed by atoms with E-state index < -0.39 is 27.4 Å². The molecule has 6 rings (SSSR count). The van der Waals surface area contributed by atoms with Crippen LogP contribution in [0.3, 0.4) is 0 Å². The van der Waals surface area contributed by atoms with Gasteiger partial charge in [-0.15, -0.1) is 0 Å². The predicted molar refractivity (Wildman–Crippen MR) is 164 cm³/mol. The number of fused-ring (bicyclic) bond motifs is 1. The Bertz CT molecular complexity index is 1790. The summed E-state index contributed by atoms with van der Waals surface area (Å²) < 4.78 is 53.1. The van der Waals surface area contributed by atoms with E-state index in [1.807, 2.05) is 41.9 Å². The van der Waals surface area contributed by atoms with Crippen molar-refractivity contribution in [3.05, 3.63) is 90.3 Å². The van der Waals surface area contributed by atoms with Gasteiger partial charge in [-0.3, -0.25) is 0 Å². The van der Waals surface area contributed by atoms with Crippen molar-refractivity contribution in [1.29, 1.82) is 0 Å². The van der Waals surface area contributed by atoms with Gasteiger partial charge in [0.2, 0.25) is 16.4 Å². The van der Waals surface area contributed by atoms with Crippen molar-refractivity contribution < 1.29 is 32.0 Å². The number of carboxylic acids is 1. The van der Waals surface area contributed by atoms with Gasteiger partial charge in [0.15, 0.2) is 12.3 Å². The number of para-hydroxylation sites is 1. The molecule has 0 unspecified atom stereocenters. The third kappa shape index (κ3) is 5.57. The van der Waals surface area contributed by atoms with Gasteiger partial charge >= 0.3 is 5.97 Å². The summed E-state index contributed by atoms with van der Waals surface area (Å²) in [5.74, 6) is -1.74. The molecule has 9 nitrogen and oxygen atoms in total. The van der Waals surface area contributed by atoms with Gasteiger partial charge in [0.05, 0.1) is 18.3 Å².